The number of nitrogens with zero attached hydrogens (tertiary/aromatic N) is 3. The van der Waals surface area contributed by atoms with Gasteiger partial charge in [0.05, 0.1) is 12.6 Å². The van der Waals surface area contributed by atoms with Gasteiger partial charge in [-0.3, -0.25) is 0 Å². The van der Waals surface area contributed by atoms with Crippen molar-refractivity contribution in [1.29, 1.82) is 0 Å². The van der Waals surface area contributed by atoms with Gasteiger partial charge in [-0.2, -0.15) is 5.10 Å². The molecular formula is C13H24N4O. The zero-order chi connectivity index (χ0) is 13.0. The van der Waals surface area contributed by atoms with Gasteiger partial charge in [0.1, 0.15) is 5.82 Å². The van der Waals surface area contributed by atoms with Gasteiger partial charge in [0, 0.05) is 32.5 Å². The van der Waals surface area contributed by atoms with Crippen LogP contribution in [0.5, 0.6) is 0 Å². The van der Waals surface area contributed by atoms with Crippen molar-refractivity contribution in [3.63, 3.8) is 0 Å². The number of rotatable bonds is 8. The van der Waals surface area contributed by atoms with E-state index >= 15 is 0 Å². The molecule has 102 valence electrons. The molecule has 1 unspecified atom stereocenters. The monoisotopic (exact) mass is 252 g/mol. The van der Waals surface area contributed by atoms with Crippen LogP contribution in [0.3, 0.4) is 0 Å². The summed E-state index contributed by atoms with van der Waals surface area (Å²) in [5, 5.41) is 8.15. The molecule has 2 rings (SSSR count). The van der Waals surface area contributed by atoms with E-state index in [1.54, 1.807) is 7.11 Å². The fraction of sp³-hybridized carbons (Fsp3) is 0.846. The Morgan fingerprint density at radius 2 is 2.17 bits per heavy atom. The molecule has 18 heavy (non-hydrogen) atoms. The Hall–Kier alpha value is -0.940. The van der Waals surface area contributed by atoms with Gasteiger partial charge < -0.3 is 10.1 Å². The smallest absolute Gasteiger partial charge is 0.150 e. The van der Waals surface area contributed by atoms with Crippen molar-refractivity contribution in [1.82, 2.24) is 20.1 Å². The fourth-order valence-corrected chi connectivity index (χ4v) is 2.09. The van der Waals surface area contributed by atoms with Gasteiger partial charge in [-0.05, 0) is 12.8 Å². The third-order valence-electron chi connectivity index (χ3n) is 3.30. The summed E-state index contributed by atoms with van der Waals surface area (Å²) in [6.45, 7) is 5.81. The molecule has 1 aromatic heterocycles. The first-order valence-electron chi connectivity index (χ1n) is 6.95. The van der Waals surface area contributed by atoms with Crippen molar-refractivity contribution in [3.05, 3.63) is 11.6 Å². The summed E-state index contributed by atoms with van der Waals surface area (Å²) in [5.41, 5.74) is 0. The van der Waals surface area contributed by atoms with Crippen molar-refractivity contribution < 1.29 is 4.74 Å². The van der Waals surface area contributed by atoms with Crippen LogP contribution in [0.25, 0.3) is 0 Å². The normalized spacial score (nSPS) is 17.1. The van der Waals surface area contributed by atoms with Crippen molar-refractivity contribution in [2.45, 2.75) is 51.6 Å². The average Bonchev–Trinajstić information content (AvgIpc) is 3.12. The highest BCUT2D eigenvalue weighted by molar-refractivity contribution is 4.96. The van der Waals surface area contributed by atoms with Crippen LogP contribution >= 0.6 is 0 Å². The fourth-order valence-electron chi connectivity index (χ4n) is 2.09. The highest BCUT2D eigenvalue weighted by atomic mass is 16.5. The molecule has 5 nitrogen and oxygen atoms in total. The van der Waals surface area contributed by atoms with Gasteiger partial charge in [0.2, 0.25) is 0 Å². The maximum absolute atomic E-state index is 5.32. The number of aryl methyl sites for hydroxylation is 2. The Morgan fingerprint density at radius 1 is 1.39 bits per heavy atom. The molecule has 1 atom stereocenters. The molecule has 1 fully saturated rings. The van der Waals surface area contributed by atoms with E-state index < -0.39 is 0 Å². The maximum Gasteiger partial charge on any atom is 0.150 e. The molecule has 1 aliphatic carbocycles. The minimum absolute atomic E-state index is 0.248. The molecule has 1 N–H and O–H groups in total. The molecule has 0 aromatic carbocycles. The first-order chi connectivity index (χ1) is 8.78. The molecule has 1 saturated carbocycles. The maximum atomic E-state index is 5.32. The van der Waals surface area contributed by atoms with Crippen LogP contribution in [-0.4, -0.2) is 41.1 Å². The molecule has 0 radical (unpaired) electrons. The van der Waals surface area contributed by atoms with Crippen LogP contribution in [0.1, 0.15) is 44.4 Å². The van der Waals surface area contributed by atoms with E-state index in [9.17, 15) is 0 Å². The Balaban J connectivity index is 2.08. The third-order valence-corrected chi connectivity index (χ3v) is 3.30. The summed E-state index contributed by atoms with van der Waals surface area (Å²) < 4.78 is 7.38. The first-order valence-corrected chi connectivity index (χ1v) is 6.95. The van der Waals surface area contributed by atoms with Crippen LogP contribution in [0.4, 0.5) is 0 Å². The standard InChI is InChI=1S/C13H24N4O/c1-4-12-15-13(5-2)17(16-12)11(9-18-3)8-14-10-6-7-10/h10-11,14H,4-9H2,1-3H3. The third kappa shape index (κ3) is 3.29. The van der Waals surface area contributed by atoms with Crippen molar-refractivity contribution in [2.24, 2.45) is 0 Å². The van der Waals surface area contributed by atoms with Crippen molar-refractivity contribution >= 4 is 0 Å². The average molecular weight is 252 g/mol. The van der Waals surface area contributed by atoms with Crippen LogP contribution in [0.15, 0.2) is 0 Å². The molecule has 0 amide bonds. The number of ether oxygens (including phenoxy) is 1. The van der Waals surface area contributed by atoms with Gasteiger partial charge in [-0.25, -0.2) is 9.67 Å². The number of methoxy groups -OCH3 is 1. The number of aromatic nitrogens is 3. The second-order valence-electron chi connectivity index (χ2n) is 4.89. The van der Waals surface area contributed by atoms with E-state index in [4.69, 9.17) is 4.74 Å². The lowest BCUT2D eigenvalue weighted by atomic mass is 10.3. The second-order valence-corrected chi connectivity index (χ2v) is 4.89. The molecule has 0 spiro atoms. The Kier molecular flexibility index (Phi) is 4.72. The Labute approximate surface area is 109 Å². The molecule has 0 bridgehead atoms. The molecule has 1 aliphatic rings. The Bertz CT molecular complexity index is 373. The van der Waals surface area contributed by atoms with Gasteiger partial charge in [0.25, 0.3) is 0 Å². The lowest BCUT2D eigenvalue weighted by molar-refractivity contribution is 0.146. The highest BCUT2D eigenvalue weighted by Crippen LogP contribution is 2.20. The summed E-state index contributed by atoms with van der Waals surface area (Å²) in [6.07, 6.45) is 4.40. The zero-order valence-corrected chi connectivity index (χ0v) is 11.6. The predicted molar refractivity (Wildman–Crippen MR) is 70.7 cm³/mol. The SMILES string of the molecule is CCc1nc(CC)n(C(CNC2CC2)COC)n1. The second kappa shape index (κ2) is 6.29. The highest BCUT2D eigenvalue weighted by Gasteiger charge is 2.24. The van der Waals surface area contributed by atoms with Crippen LogP contribution in [0, 0.1) is 0 Å². The van der Waals surface area contributed by atoms with Gasteiger partial charge >= 0.3 is 0 Å². The van der Waals surface area contributed by atoms with E-state index in [1.807, 2.05) is 0 Å². The van der Waals surface area contributed by atoms with Crippen LogP contribution < -0.4 is 5.32 Å². The number of hydrogen-bond donors (Lipinski definition) is 1. The quantitative estimate of drug-likeness (QED) is 0.758. The number of hydrogen-bond acceptors (Lipinski definition) is 4. The van der Waals surface area contributed by atoms with Crippen molar-refractivity contribution in [2.75, 3.05) is 20.3 Å². The largest absolute Gasteiger partial charge is 0.382 e. The van der Waals surface area contributed by atoms with Crippen LogP contribution in [0.2, 0.25) is 0 Å². The first kappa shape index (κ1) is 13.5. The van der Waals surface area contributed by atoms with E-state index in [-0.39, 0.29) is 6.04 Å². The predicted octanol–water partition coefficient (Wildman–Crippen LogP) is 1.34. The topological polar surface area (TPSA) is 52.0 Å². The zero-order valence-electron chi connectivity index (χ0n) is 11.6. The van der Waals surface area contributed by atoms with E-state index in [2.05, 4.69) is 33.9 Å². The summed E-state index contributed by atoms with van der Waals surface area (Å²) in [6, 6.07) is 0.960. The van der Waals surface area contributed by atoms with Gasteiger partial charge in [-0.15, -0.1) is 0 Å². The van der Waals surface area contributed by atoms with Gasteiger partial charge in [0.15, 0.2) is 5.82 Å². The van der Waals surface area contributed by atoms with Gasteiger partial charge in [-0.1, -0.05) is 13.8 Å². The summed E-state index contributed by atoms with van der Waals surface area (Å²) in [4.78, 5) is 4.56. The molecule has 5 heteroatoms. The molecule has 0 aliphatic heterocycles. The minimum Gasteiger partial charge on any atom is -0.382 e. The Morgan fingerprint density at radius 3 is 2.72 bits per heavy atom. The number of nitrogens with one attached hydrogen (secondary N) is 1. The lowest BCUT2D eigenvalue weighted by Crippen LogP contribution is -2.31. The summed E-state index contributed by atoms with van der Waals surface area (Å²) in [5.74, 6) is 1.99. The lowest BCUT2D eigenvalue weighted by Gasteiger charge is -2.18. The van der Waals surface area contributed by atoms with E-state index in [0.717, 1.165) is 31.0 Å². The summed E-state index contributed by atoms with van der Waals surface area (Å²) >= 11 is 0. The van der Waals surface area contributed by atoms with E-state index in [0.29, 0.717) is 12.6 Å². The molecule has 1 aromatic rings. The van der Waals surface area contributed by atoms with Crippen LogP contribution in [-0.2, 0) is 17.6 Å². The van der Waals surface area contributed by atoms with Crippen molar-refractivity contribution in [3.8, 4) is 0 Å². The molecule has 1 heterocycles. The molecular weight excluding hydrogens is 228 g/mol. The minimum atomic E-state index is 0.248. The van der Waals surface area contributed by atoms with E-state index in [1.165, 1.54) is 12.8 Å². The summed E-state index contributed by atoms with van der Waals surface area (Å²) in [7, 11) is 1.74. The molecule has 0 saturated heterocycles.